The van der Waals surface area contributed by atoms with Gasteiger partial charge in [0.15, 0.2) is 5.78 Å². The molecule has 0 aliphatic carbocycles. The highest BCUT2D eigenvalue weighted by atomic mass is 16.1. The standard InChI is InChI=1S/C11H16N2O/c1-5-10(14)9-7-12-11(13(3)4)6-8(9)2/h6-7H,5H2,1-4H3. The van der Waals surface area contributed by atoms with E-state index in [4.69, 9.17) is 0 Å². The normalized spacial score (nSPS) is 10.0. The molecule has 14 heavy (non-hydrogen) atoms. The predicted octanol–water partition coefficient (Wildman–Crippen LogP) is 2.05. The summed E-state index contributed by atoms with van der Waals surface area (Å²) in [6.07, 6.45) is 2.19. The fourth-order valence-electron chi connectivity index (χ4n) is 1.27. The number of aryl methyl sites for hydroxylation is 1. The monoisotopic (exact) mass is 192 g/mol. The van der Waals surface area contributed by atoms with Gasteiger partial charge in [0.25, 0.3) is 0 Å². The second-order valence-corrected chi connectivity index (χ2v) is 3.53. The quantitative estimate of drug-likeness (QED) is 0.687. The number of carbonyl (C=O) groups excluding carboxylic acids is 1. The molecule has 0 bridgehead atoms. The lowest BCUT2D eigenvalue weighted by Gasteiger charge is -2.12. The summed E-state index contributed by atoms with van der Waals surface area (Å²) in [7, 11) is 3.87. The van der Waals surface area contributed by atoms with E-state index in [1.54, 1.807) is 6.20 Å². The maximum Gasteiger partial charge on any atom is 0.164 e. The Balaban J connectivity index is 3.07. The van der Waals surface area contributed by atoms with Crippen molar-refractivity contribution in [1.29, 1.82) is 0 Å². The summed E-state index contributed by atoms with van der Waals surface area (Å²) in [6.45, 7) is 3.80. The Kier molecular flexibility index (Phi) is 3.23. The van der Waals surface area contributed by atoms with Crippen LogP contribution in [-0.4, -0.2) is 24.9 Å². The Bertz CT molecular complexity index is 345. The number of aromatic nitrogens is 1. The molecule has 0 spiro atoms. The lowest BCUT2D eigenvalue weighted by molar-refractivity contribution is 0.0987. The number of hydrogen-bond donors (Lipinski definition) is 0. The van der Waals surface area contributed by atoms with E-state index in [0.29, 0.717) is 6.42 Å². The highest BCUT2D eigenvalue weighted by Crippen LogP contribution is 2.15. The summed E-state index contributed by atoms with van der Waals surface area (Å²) in [5.41, 5.74) is 1.73. The summed E-state index contributed by atoms with van der Waals surface area (Å²) in [5.74, 6) is 1.04. The van der Waals surface area contributed by atoms with Gasteiger partial charge in [-0.25, -0.2) is 4.98 Å². The Labute approximate surface area is 84.8 Å². The number of nitrogens with zero attached hydrogens (tertiary/aromatic N) is 2. The van der Waals surface area contributed by atoms with E-state index in [9.17, 15) is 4.79 Å². The summed E-state index contributed by atoms with van der Waals surface area (Å²) < 4.78 is 0. The van der Waals surface area contributed by atoms with Crippen LogP contribution in [0.4, 0.5) is 5.82 Å². The number of hydrogen-bond acceptors (Lipinski definition) is 3. The lowest BCUT2D eigenvalue weighted by atomic mass is 10.1. The molecule has 0 saturated heterocycles. The fourth-order valence-corrected chi connectivity index (χ4v) is 1.27. The minimum absolute atomic E-state index is 0.153. The van der Waals surface area contributed by atoms with Crippen molar-refractivity contribution >= 4 is 11.6 Å². The summed E-state index contributed by atoms with van der Waals surface area (Å²) in [4.78, 5) is 17.6. The van der Waals surface area contributed by atoms with Gasteiger partial charge < -0.3 is 4.90 Å². The smallest absolute Gasteiger partial charge is 0.164 e. The molecule has 0 N–H and O–H groups in total. The van der Waals surface area contributed by atoms with E-state index < -0.39 is 0 Å². The van der Waals surface area contributed by atoms with E-state index in [2.05, 4.69) is 4.98 Å². The second-order valence-electron chi connectivity index (χ2n) is 3.53. The third-order valence-corrected chi connectivity index (χ3v) is 2.18. The molecule has 0 amide bonds. The molecule has 0 aromatic carbocycles. The number of carbonyl (C=O) groups is 1. The molecule has 0 aliphatic rings. The molecule has 0 aliphatic heterocycles. The zero-order valence-corrected chi connectivity index (χ0v) is 9.16. The fraction of sp³-hybridized carbons (Fsp3) is 0.455. The van der Waals surface area contributed by atoms with Crippen LogP contribution in [0.3, 0.4) is 0 Å². The van der Waals surface area contributed by atoms with Gasteiger partial charge in [0.05, 0.1) is 0 Å². The van der Waals surface area contributed by atoms with Crippen molar-refractivity contribution in [1.82, 2.24) is 4.98 Å². The van der Waals surface area contributed by atoms with Crippen molar-refractivity contribution in [2.75, 3.05) is 19.0 Å². The van der Waals surface area contributed by atoms with Crippen LogP contribution in [0.2, 0.25) is 0 Å². The van der Waals surface area contributed by atoms with E-state index in [0.717, 1.165) is 16.9 Å². The van der Waals surface area contributed by atoms with Gasteiger partial charge in [0.2, 0.25) is 0 Å². The molecule has 1 aromatic heterocycles. The number of anilines is 1. The maximum absolute atomic E-state index is 11.5. The van der Waals surface area contributed by atoms with Crippen LogP contribution in [0, 0.1) is 6.92 Å². The first-order valence-electron chi connectivity index (χ1n) is 4.73. The third kappa shape index (κ3) is 2.10. The molecule has 76 valence electrons. The predicted molar refractivity (Wildman–Crippen MR) is 57.9 cm³/mol. The minimum Gasteiger partial charge on any atom is -0.363 e. The van der Waals surface area contributed by atoms with Crippen molar-refractivity contribution in [3.63, 3.8) is 0 Å². The highest BCUT2D eigenvalue weighted by Gasteiger charge is 2.08. The van der Waals surface area contributed by atoms with Crippen LogP contribution in [-0.2, 0) is 0 Å². The van der Waals surface area contributed by atoms with Gasteiger partial charge in [-0.2, -0.15) is 0 Å². The van der Waals surface area contributed by atoms with Crippen LogP contribution < -0.4 is 4.90 Å². The Morgan fingerprint density at radius 1 is 1.50 bits per heavy atom. The van der Waals surface area contributed by atoms with Gasteiger partial charge in [0.1, 0.15) is 5.82 Å². The molecule has 1 rings (SSSR count). The number of Topliss-reactive ketones (excluding diaryl/α,β-unsaturated/α-hetero) is 1. The van der Waals surface area contributed by atoms with E-state index >= 15 is 0 Å². The second kappa shape index (κ2) is 4.22. The van der Waals surface area contributed by atoms with E-state index in [1.165, 1.54) is 0 Å². The van der Waals surface area contributed by atoms with Crippen LogP contribution in [0.1, 0.15) is 29.3 Å². The number of pyridine rings is 1. The first-order valence-corrected chi connectivity index (χ1v) is 4.73. The summed E-state index contributed by atoms with van der Waals surface area (Å²) in [5, 5.41) is 0. The molecule has 3 nitrogen and oxygen atoms in total. The maximum atomic E-state index is 11.5. The zero-order chi connectivity index (χ0) is 10.7. The summed E-state index contributed by atoms with van der Waals surface area (Å²) >= 11 is 0. The van der Waals surface area contributed by atoms with E-state index in [1.807, 2.05) is 38.9 Å². The number of ketones is 1. The van der Waals surface area contributed by atoms with Gasteiger partial charge in [-0.3, -0.25) is 4.79 Å². The molecule has 0 atom stereocenters. The molecule has 0 radical (unpaired) electrons. The van der Waals surface area contributed by atoms with Crippen LogP contribution in [0.15, 0.2) is 12.3 Å². The van der Waals surface area contributed by atoms with Gasteiger partial charge in [-0.05, 0) is 18.6 Å². The van der Waals surface area contributed by atoms with Gasteiger partial charge >= 0.3 is 0 Å². The van der Waals surface area contributed by atoms with Gasteiger partial charge in [-0.1, -0.05) is 6.92 Å². The Morgan fingerprint density at radius 3 is 2.57 bits per heavy atom. The van der Waals surface area contributed by atoms with Crippen molar-refractivity contribution in [2.45, 2.75) is 20.3 Å². The lowest BCUT2D eigenvalue weighted by Crippen LogP contribution is -2.12. The first kappa shape index (κ1) is 10.7. The molecular weight excluding hydrogens is 176 g/mol. The topological polar surface area (TPSA) is 33.2 Å². The molecule has 0 fully saturated rings. The Hall–Kier alpha value is -1.38. The van der Waals surface area contributed by atoms with Crippen molar-refractivity contribution < 1.29 is 4.79 Å². The van der Waals surface area contributed by atoms with Crippen LogP contribution >= 0.6 is 0 Å². The molecule has 0 unspecified atom stereocenters. The molecule has 1 aromatic rings. The van der Waals surface area contributed by atoms with Crippen LogP contribution in [0.25, 0.3) is 0 Å². The minimum atomic E-state index is 0.153. The average molecular weight is 192 g/mol. The van der Waals surface area contributed by atoms with Gasteiger partial charge in [-0.15, -0.1) is 0 Å². The first-order chi connectivity index (χ1) is 6.56. The van der Waals surface area contributed by atoms with Crippen molar-refractivity contribution in [3.8, 4) is 0 Å². The molecular formula is C11H16N2O. The largest absolute Gasteiger partial charge is 0.363 e. The molecule has 3 heteroatoms. The third-order valence-electron chi connectivity index (χ3n) is 2.18. The molecule has 1 heterocycles. The Morgan fingerprint density at radius 2 is 2.14 bits per heavy atom. The highest BCUT2D eigenvalue weighted by molar-refractivity contribution is 5.97. The summed E-state index contributed by atoms with van der Waals surface area (Å²) in [6, 6.07) is 1.93. The molecule has 0 saturated carbocycles. The van der Waals surface area contributed by atoms with E-state index in [-0.39, 0.29) is 5.78 Å². The van der Waals surface area contributed by atoms with Crippen LogP contribution in [0.5, 0.6) is 0 Å². The van der Waals surface area contributed by atoms with Gasteiger partial charge in [0, 0.05) is 32.3 Å². The number of rotatable bonds is 3. The SMILES string of the molecule is CCC(=O)c1cnc(N(C)C)cc1C. The van der Waals surface area contributed by atoms with Crippen molar-refractivity contribution in [2.24, 2.45) is 0 Å². The average Bonchev–Trinajstić information content (AvgIpc) is 2.16. The van der Waals surface area contributed by atoms with Crippen molar-refractivity contribution in [3.05, 3.63) is 23.4 Å². The zero-order valence-electron chi connectivity index (χ0n) is 9.16.